The van der Waals surface area contributed by atoms with Crippen LogP contribution in [0.5, 0.6) is 5.75 Å². The Hall–Kier alpha value is -3.42. The van der Waals surface area contributed by atoms with Gasteiger partial charge in [0.1, 0.15) is 23.2 Å². The Morgan fingerprint density at radius 3 is 2.39 bits per heavy atom. The molecule has 0 bridgehead atoms. The van der Waals surface area contributed by atoms with Gasteiger partial charge in [0, 0.05) is 43.4 Å². The molecule has 1 atom stereocenters. The van der Waals surface area contributed by atoms with Crippen molar-refractivity contribution >= 4 is 23.2 Å². The fraction of sp³-hybridized carbons (Fsp3) is 0.360. The fourth-order valence-electron chi connectivity index (χ4n) is 3.87. The first-order valence-electron chi connectivity index (χ1n) is 11.0. The van der Waals surface area contributed by atoms with Gasteiger partial charge >= 0.3 is 0 Å². The first-order valence-corrected chi connectivity index (χ1v) is 11.0. The Morgan fingerprint density at radius 2 is 1.76 bits per heavy atom. The van der Waals surface area contributed by atoms with Gasteiger partial charge < -0.3 is 15.0 Å². The molecule has 176 valence electrons. The number of carbonyl (C=O) groups is 2. The van der Waals surface area contributed by atoms with Crippen LogP contribution in [0, 0.1) is 17.6 Å². The van der Waals surface area contributed by atoms with Crippen LogP contribution in [0.1, 0.15) is 44.0 Å². The normalized spacial score (nSPS) is 14.2. The molecule has 1 aliphatic rings. The molecule has 0 saturated carbocycles. The van der Waals surface area contributed by atoms with Crippen LogP contribution in [0.25, 0.3) is 0 Å². The third-order valence-electron chi connectivity index (χ3n) is 5.55. The van der Waals surface area contributed by atoms with Gasteiger partial charge in [0.05, 0.1) is 17.9 Å². The molecule has 1 aliphatic heterocycles. The van der Waals surface area contributed by atoms with Gasteiger partial charge in [0.25, 0.3) is 5.91 Å². The van der Waals surface area contributed by atoms with Gasteiger partial charge in [-0.25, -0.2) is 8.78 Å². The number of ether oxygens (including phenoxy) is 1. The summed E-state index contributed by atoms with van der Waals surface area (Å²) < 4.78 is 31.8. The SMILES string of the molecule is C=C1N(CC)C(=O)c2cc(NC(=O)CC(C)CCOc3cc(F)cc(F)c3)ccc2N1CC. The molecule has 1 unspecified atom stereocenters. The summed E-state index contributed by atoms with van der Waals surface area (Å²) in [7, 11) is 0. The van der Waals surface area contributed by atoms with Crippen LogP contribution in [-0.2, 0) is 4.79 Å². The van der Waals surface area contributed by atoms with Crippen molar-refractivity contribution in [2.24, 2.45) is 5.92 Å². The number of nitrogens with zero attached hydrogens (tertiary/aromatic N) is 2. The maximum Gasteiger partial charge on any atom is 0.261 e. The molecule has 2 aromatic rings. The minimum atomic E-state index is -0.700. The number of anilines is 2. The predicted octanol–water partition coefficient (Wildman–Crippen LogP) is 5.17. The number of halogens is 2. The smallest absolute Gasteiger partial charge is 0.261 e. The van der Waals surface area contributed by atoms with Gasteiger partial charge in [0.15, 0.2) is 0 Å². The van der Waals surface area contributed by atoms with Crippen molar-refractivity contribution in [3.63, 3.8) is 0 Å². The number of carbonyl (C=O) groups excluding carboxylic acids is 2. The maximum absolute atomic E-state index is 13.2. The van der Waals surface area contributed by atoms with Gasteiger partial charge in [-0.2, -0.15) is 0 Å². The zero-order chi connectivity index (χ0) is 24.1. The number of hydrogen-bond donors (Lipinski definition) is 1. The first kappa shape index (κ1) is 24.2. The Balaban J connectivity index is 1.57. The lowest BCUT2D eigenvalue weighted by Gasteiger charge is -2.38. The first-order chi connectivity index (χ1) is 15.7. The van der Waals surface area contributed by atoms with Crippen molar-refractivity contribution < 1.29 is 23.1 Å². The number of rotatable bonds is 9. The Bertz CT molecular complexity index is 1040. The Kier molecular flexibility index (Phi) is 7.68. The van der Waals surface area contributed by atoms with Crippen molar-refractivity contribution in [2.45, 2.75) is 33.6 Å². The Morgan fingerprint density at radius 1 is 1.09 bits per heavy atom. The van der Waals surface area contributed by atoms with Crippen LogP contribution < -0.4 is 15.0 Å². The predicted molar refractivity (Wildman–Crippen MR) is 124 cm³/mol. The lowest BCUT2D eigenvalue weighted by molar-refractivity contribution is -0.117. The van der Waals surface area contributed by atoms with E-state index in [1.54, 1.807) is 17.0 Å². The molecular formula is C25H29F2N3O3. The molecule has 0 aliphatic carbocycles. The van der Waals surface area contributed by atoms with Crippen LogP contribution in [0.15, 0.2) is 48.8 Å². The van der Waals surface area contributed by atoms with E-state index in [4.69, 9.17) is 4.74 Å². The van der Waals surface area contributed by atoms with Crippen LogP contribution >= 0.6 is 0 Å². The molecular weight excluding hydrogens is 428 g/mol. The quantitative estimate of drug-likeness (QED) is 0.564. The van der Waals surface area contributed by atoms with Crippen molar-refractivity contribution in [3.8, 4) is 5.75 Å². The number of amides is 2. The summed E-state index contributed by atoms with van der Waals surface area (Å²) >= 11 is 0. The molecule has 33 heavy (non-hydrogen) atoms. The summed E-state index contributed by atoms with van der Waals surface area (Å²) in [5.41, 5.74) is 1.84. The molecule has 0 fully saturated rings. The van der Waals surface area contributed by atoms with Crippen LogP contribution in [0.2, 0.25) is 0 Å². The molecule has 2 aromatic carbocycles. The van der Waals surface area contributed by atoms with Crippen molar-refractivity contribution in [2.75, 3.05) is 29.9 Å². The highest BCUT2D eigenvalue weighted by atomic mass is 19.1. The van der Waals surface area contributed by atoms with Gasteiger partial charge in [-0.15, -0.1) is 0 Å². The van der Waals surface area contributed by atoms with E-state index in [0.29, 0.717) is 36.6 Å². The zero-order valence-electron chi connectivity index (χ0n) is 19.2. The second-order valence-corrected chi connectivity index (χ2v) is 8.04. The van der Waals surface area contributed by atoms with E-state index < -0.39 is 11.6 Å². The van der Waals surface area contributed by atoms with Gasteiger partial charge in [-0.3, -0.25) is 14.5 Å². The van der Waals surface area contributed by atoms with E-state index >= 15 is 0 Å². The van der Waals surface area contributed by atoms with Crippen molar-refractivity contribution in [1.29, 1.82) is 0 Å². The van der Waals surface area contributed by atoms with Gasteiger partial charge in [-0.1, -0.05) is 13.5 Å². The molecule has 6 nitrogen and oxygen atoms in total. The van der Waals surface area contributed by atoms with Gasteiger partial charge in [0.2, 0.25) is 5.91 Å². The topological polar surface area (TPSA) is 61.9 Å². The fourth-order valence-corrected chi connectivity index (χ4v) is 3.87. The minimum absolute atomic E-state index is 0.0165. The molecule has 3 rings (SSSR count). The lowest BCUT2D eigenvalue weighted by atomic mass is 10.0. The van der Waals surface area contributed by atoms with E-state index in [0.717, 1.165) is 23.9 Å². The highest BCUT2D eigenvalue weighted by molar-refractivity contribution is 6.05. The van der Waals surface area contributed by atoms with Crippen molar-refractivity contribution in [1.82, 2.24) is 4.90 Å². The molecule has 0 saturated heterocycles. The van der Waals surface area contributed by atoms with Gasteiger partial charge in [-0.05, 0) is 44.4 Å². The molecule has 0 spiro atoms. The van der Waals surface area contributed by atoms with E-state index in [1.807, 2.05) is 31.7 Å². The zero-order valence-corrected chi connectivity index (χ0v) is 19.2. The molecule has 2 amide bonds. The second kappa shape index (κ2) is 10.5. The summed E-state index contributed by atoms with van der Waals surface area (Å²) in [4.78, 5) is 29.0. The summed E-state index contributed by atoms with van der Waals surface area (Å²) in [5, 5.41) is 2.85. The monoisotopic (exact) mass is 457 g/mol. The van der Waals surface area contributed by atoms with E-state index in [1.165, 1.54) is 0 Å². The number of fused-ring (bicyclic) bond motifs is 1. The summed E-state index contributed by atoms with van der Waals surface area (Å²) in [6.45, 7) is 11.2. The lowest BCUT2D eigenvalue weighted by Crippen LogP contribution is -2.44. The average Bonchev–Trinajstić information content (AvgIpc) is 2.74. The standard InChI is InChI=1S/C25H29F2N3O3/c1-5-29-17(4)30(6-2)25(32)22-15-20(7-8-23(22)29)28-24(31)11-16(3)9-10-33-21-13-18(26)12-19(27)14-21/h7-8,12-16H,4-6,9-11H2,1-3H3,(H,28,31). The molecule has 0 aromatic heterocycles. The summed E-state index contributed by atoms with van der Waals surface area (Å²) in [5.74, 6) is -0.982. The average molecular weight is 458 g/mol. The van der Waals surface area contributed by atoms with Crippen LogP contribution in [-0.4, -0.2) is 36.4 Å². The van der Waals surface area contributed by atoms with Crippen molar-refractivity contribution in [3.05, 3.63) is 66.0 Å². The highest BCUT2D eigenvalue weighted by Crippen LogP contribution is 2.34. The number of nitrogens with one attached hydrogen (secondary N) is 1. The third kappa shape index (κ3) is 5.69. The van der Waals surface area contributed by atoms with Crippen LogP contribution in [0.3, 0.4) is 0 Å². The Labute approximate surface area is 192 Å². The molecule has 1 heterocycles. The van der Waals surface area contributed by atoms with Crippen LogP contribution in [0.4, 0.5) is 20.2 Å². The van der Waals surface area contributed by atoms with E-state index in [2.05, 4.69) is 11.9 Å². The summed E-state index contributed by atoms with van der Waals surface area (Å²) in [6.07, 6.45) is 0.776. The summed E-state index contributed by atoms with van der Waals surface area (Å²) in [6, 6.07) is 8.30. The number of hydrogen-bond acceptors (Lipinski definition) is 4. The minimum Gasteiger partial charge on any atom is -0.493 e. The van der Waals surface area contributed by atoms with E-state index in [-0.39, 0.29) is 36.5 Å². The molecule has 8 heteroatoms. The highest BCUT2D eigenvalue weighted by Gasteiger charge is 2.31. The molecule has 0 radical (unpaired) electrons. The molecule has 1 N–H and O–H groups in total. The maximum atomic E-state index is 13.2. The number of benzene rings is 2. The third-order valence-corrected chi connectivity index (χ3v) is 5.55. The second-order valence-electron chi connectivity index (χ2n) is 8.04. The largest absolute Gasteiger partial charge is 0.493 e. The van der Waals surface area contributed by atoms with E-state index in [9.17, 15) is 18.4 Å².